The van der Waals surface area contributed by atoms with Crippen LogP contribution in [0.5, 0.6) is 0 Å². The highest BCUT2D eigenvalue weighted by atomic mass is 16.5. The molecule has 1 atom stereocenters. The average molecular weight is 367 g/mol. The molecule has 2 rings (SSSR count). The maximum absolute atomic E-state index is 12.0. The summed E-state index contributed by atoms with van der Waals surface area (Å²) in [6.07, 6.45) is 7.37. The summed E-state index contributed by atoms with van der Waals surface area (Å²) in [5.74, 6) is 1.29. The van der Waals surface area contributed by atoms with Crippen molar-refractivity contribution in [3.8, 4) is 0 Å². The van der Waals surface area contributed by atoms with Gasteiger partial charge in [0.15, 0.2) is 5.96 Å². The number of piperidine rings is 1. The molecule has 7 heteroatoms. The number of nitrogens with zero attached hydrogens (tertiary/aromatic N) is 2. The van der Waals surface area contributed by atoms with Crippen molar-refractivity contribution < 1.29 is 14.3 Å². The lowest BCUT2D eigenvalue weighted by molar-refractivity contribution is -0.149. The highest BCUT2D eigenvalue weighted by Gasteiger charge is 2.28. The molecule has 148 valence electrons. The van der Waals surface area contributed by atoms with Crippen molar-refractivity contribution in [1.82, 2.24) is 15.5 Å². The third-order valence-electron chi connectivity index (χ3n) is 5.23. The number of hydrogen-bond donors (Lipinski definition) is 2. The summed E-state index contributed by atoms with van der Waals surface area (Å²) in [4.78, 5) is 30.4. The third-order valence-corrected chi connectivity index (χ3v) is 5.23. The van der Waals surface area contributed by atoms with Gasteiger partial charge >= 0.3 is 5.97 Å². The van der Waals surface area contributed by atoms with Gasteiger partial charge in [-0.1, -0.05) is 12.8 Å². The molecule has 1 heterocycles. The third kappa shape index (κ3) is 6.50. The molecule has 7 nitrogen and oxygen atoms in total. The minimum atomic E-state index is -0.119. The second-order valence-corrected chi connectivity index (χ2v) is 7.22. The van der Waals surface area contributed by atoms with Crippen LogP contribution in [0.2, 0.25) is 0 Å². The number of ether oxygens (including phenoxy) is 1. The largest absolute Gasteiger partial charge is 0.466 e. The fourth-order valence-corrected chi connectivity index (χ4v) is 3.88. The number of esters is 1. The van der Waals surface area contributed by atoms with E-state index in [-0.39, 0.29) is 17.8 Å². The summed E-state index contributed by atoms with van der Waals surface area (Å²) >= 11 is 0. The maximum atomic E-state index is 12.0. The second-order valence-electron chi connectivity index (χ2n) is 7.22. The van der Waals surface area contributed by atoms with Gasteiger partial charge in [0.25, 0.3) is 0 Å². The zero-order chi connectivity index (χ0) is 18.8. The molecule has 1 saturated heterocycles. The van der Waals surface area contributed by atoms with Crippen LogP contribution in [0.25, 0.3) is 0 Å². The predicted octanol–water partition coefficient (Wildman–Crippen LogP) is 1.53. The van der Waals surface area contributed by atoms with E-state index in [1.54, 1.807) is 7.05 Å². The van der Waals surface area contributed by atoms with Crippen LogP contribution in [-0.4, -0.2) is 62.6 Å². The Morgan fingerprint density at radius 3 is 2.54 bits per heavy atom. The summed E-state index contributed by atoms with van der Waals surface area (Å²) in [7, 11) is 1.75. The fourth-order valence-electron chi connectivity index (χ4n) is 3.88. The summed E-state index contributed by atoms with van der Waals surface area (Å²) in [5.41, 5.74) is 0. The number of rotatable bonds is 7. The number of guanidine groups is 1. The van der Waals surface area contributed by atoms with E-state index < -0.39 is 0 Å². The van der Waals surface area contributed by atoms with Crippen LogP contribution < -0.4 is 10.6 Å². The average Bonchev–Trinajstić information content (AvgIpc) is 3.15. The quantitative estimate of drug-likeness (QED) is 0.309. The first-order chi connectivity index (χ1) is 12.6. The van der Waals surface area contributed by atoms with E-state index in [1.807, 2.05) is 6.92 Å². The number of likely N-dealkylation sites (tertiary alicyclic amines) is 1. The van der Waals surface area contributed by atoms with Gasteiger partial charge in [0.1, 0.15) is 0 Å². The van der Waals surface area contributed by atoms with Gasteiger partial charge in [-0.2, -0.15) is 0 Å². The van der Waals surface area contributed by atoms with Crippen LogP contribution in [0.15, 0.2) is 4.99 Å². The van der Waals surface area contributed by atoms with E-state index in [1.165, 1.54) is 25.7 Å². The molecule has 0 spiro atoms. The highest BCUT2D eigenvalue weighted by molar-refractivity contribution is 5.81. The summed E-state index contributed by atoms with van der Waals surface area (Å²) in [5, 5.41) is 6.28. The fraction of sp³-hybridized carbons (Fsp3) is 0.842. The Morgan fingerprint density at radius 1 is 1.12 bits per heavy atom. The van der Waals surface area contributed by atoms with Gasteiger partial charge in [-0.15, -0.1) is 0 Å². The van der Waals surface area contributed by atoms with E-state index in [0.29, 0.717) is 38.6 Å². The normalized spacial score (nSPS) is 21.5. The number of hydrogen-bond acceptors (Lipinski definition) is 4. The molecule has 2 fully saturated rings. The number of nitrogens with one attached hydrogen (secondary N) is 2. The first kappa shape index (κ1) is 20.5. The topological polar surface area (TPSA) is 83.0 Å². The van der Waals surface area contributed by atoms with Crippen LogP contribution in [0, 0.1) is 11.8 Å². The highest BCUT2D eigenvalue weighted by Crippen LogP contribution is 2.27. The predicted molar refractivity (Wildman–Crippen MR) is 102 cm³/mol. The SMILES string of the molecule is CCOC(=O)C1CCCN(C(=NC)NCCNC(=O)CC2CCCC2)C1. The Bertz CT molecular complexity index is 489. The number of carbonyl (C=O) groups is 2. The monoisotopic (exact) mass is 366 g/mol. The first-order valence-electron chi connectivity index (χ1n) is 10.0. The molecule has 0 radical (unpaired) electrons. The van der Waals surface area contributed by atoms with Crippen molar-refractivity contribution >= 4 is 17.8 Å². The molecular weight excluding hydrogens is 332 g/mol. The molecule has 0 aromatic rings. The van der Waals surface area contributed by atoms with E-state index in [0.717, 1.165) is 25.3 Å². The van der Waals surface area contributed by atoms with Gasteiger partial charge in [0.2, 0.25) is 5.91 Å². The van der Waals surface area contributed by atoms with Gasteiger partial charge in [0.05, 0.1) is 12.5 Å². The van der Waals surface area contributed by atoms with Gasteiger partial charge in [-0.3, -0.25) is 14.6 Å². The van der Waals surface area contributed by atoms with Crippen LogP contribution >= 0.6 is 0 Å². The number of amides is 1. The number of aliphatic imine (C=N–C) groups is 1. The molecule has 1 unspecified atom stereocenters. The maximum Gasteiger partial charge on any atom is 0.310 e. The Hall–Kier alpha value is -1.79. The molecule has 2 N–H and O–H groups in total. The summed E-state index contributed by atoms with van der Waals surface area (Å²) < 4.78 is 5.15. The van der Waals surface area contributed by atoms with E-state index in [2.05, 4.69) is 20.5 Å². The van der Waals surface area contributed by atoms with Gasteiger partial charge in [0, 0.05) is 39.6 Å². The molecule has 0 aromatic carbocycles. The molecule has 1 saturated carbocycles. The van der Waals surface area contributed by atoms with Gasteiger partial charge in [-0.25, -0.2) is 0 Å². The van der Waals surface area contributed by atoms with Crippen LogP contribution in [-0.2, 0) is 14.3 Å². The Kier molecular flexibility index (Phi) is 8.71. The summed E-state index contributed by atoms with van der Waals surface area (Å²) in [6, 6.07) is 0. The lowest BCUT2D eigenvalue weighted by Gasteiger charge is -2.33. The molecular formula is C19H34N4O3. The van der Waals surface area contributed by atoms with Gasteiger partial charge in [-0.05, 0) is 38.5 Å². The van der Waals surface area contributed by atoms with Crippen molar-refractivity contribution in [3.63, 3.8) is 0 Å². The van der Waals surface area contributed by atoms with Crippen molar-refractivity contribution in [1.29, 1.82) is 0 Å². The zero-order valence-corrected chi connectivity index (χ0v) is 16.3. The zero-order valence-electron chi connectivity index (χ0n) is 16.3. The minimum Gasteiger partial charge on any atom is -0.466 e. The second kappa shape index (κ2) is 11.0. The van der Waals surface area contributed by atoms with Gasteiger partial charge < -0.3 is 20.3 Å². The van der Waals surface area contributed by atoms with Crippen molar-refractivity contribution in [3.05, 3.63) is 0 Å². The standard InChI is InChI=1S/C19H34N4O3/c1-3-26-18(25)16-9-6-12-23(14-16)19(20-2)22-11-10-21-17(24)13-15-7-4-5-8-15/h15-16H,3-14H2,1-2H3,(H,20,22)(H,21,24). The van der Waals surface area contributed by atoms with E-state index >= 15 is 0 Å². The van der Waals surface area contributed by atoms with E-state index in [4.69, 9.17) is 4.74 Å². The molecule has 0 bridgehead atoms. The molecule has 0 aromatic heterocycles. The Balaban J connectivity index is 1.68. The van der Waals surface area contributed by atoms with Crippen LogP contribution in [0.3, 0.4) is 0 Å². The Labute approximate surface area is 156 Å². The molecule has 26 heavy (non-hydrogen) atoms. The van der Waals surface area contributed by atoms with E-state index in [9.17, 15) is 9.59 Å². The lowest BCUT2D eigenvalue weighted by Crippen LogP contribution is -2.49. The molecule has 1 aliphatic heterocycles. The molecule has 2 aliphatic rings. The Morgan fingerprint density at radius 2 is 1.85 bits per heavy atom. The molecule has 1 aliphatic carbocycles. The van der Waals surface area contributed by atoms with Crippen LogP contribution in [0.4, 0.5) is 0 Å². The number of carbonyl (C=O) groups excluding carboxylic acids is 2. The first-order valence-corrected chi connectivity index (χ1v) is 10.0. The lowest BCUT2D eigenvalue weighted by atomic mass is 9.98. The minimum absolute atomic E-state index is 0.0895. The van der Waals surface area contributed by atoms with Crippen molar-refractivity contribution in [2.45, 2.75) is 51.9 Å². The van der Waals surface area contributed by atoms with Crippen LogP contribution in [0.1, 0.15) is 51.9 Å². The smallest absolute Gasteiger partial charge is 0.310 e. The summed E-state index contributed by atoms with van der Waals surface area (Å²) in [6.45, 7) is 4.97. The van der Waals surface area contributed by atoms with Crippen molar-refractivity contribution in [2.75, 3.05) is 39.8 Å². The molecule has 1 amide bonds. The van der Waals surface area contributed by atoms with Crippen molar-refractivity contribution in [2.24, 2.45) is 16.8 Å².